The van der Waals surface area contributed by atoms with Crippen LogP contribution >= 0.6 is 11.6 Å². The quantitative estimate of drug-likeness (QED) is 0.690. The lowest BCUT2D eigenvalue weighted by atomic mass is 10.2. The van der Waals surface area contributed by atoms with E-state index in [4.69, 9.17) is 22.1 Å². The Bertz CT molecular complexity index is 758. The minimum absolute atomic E-state index is 0.145. The molecule has 2 aromatic carbocycles. The van der Waals surface area contributed by atoms with Crippen molar-refractivity contribution in [2.24, 2.45) is 0 Å². The van der Waals surface area contributed by atoms with Crippen molar-refractivity contribution in [3.8, 4) is 11.5 Å². The Morgan fingerprint density at radius 2 is 1.65 bits per heavy atom. The standard InChI is InChI=1S/C17H15ClN4O/c18-15-10-16(22-17(19)21-15)20-11-12-6-8-14(9-7-12)23-13-4-2-1-3-5-13/h1-10H,11H2,(H3,19,20,21,22). The van der Waals surface area contributed by atoms with Gasteiger partial charge in [-0.05, 0) is 29.8 Å². The summed E-state index contributed by atoms with van der Waals surface area (Å²) in [4.78, 5) is 7.89. The van der Waals surface area contributed by atoms with Crippen LogP contribution in [0.4, 0.5) is 11.8 Å². The number of benzene rings is 2. The zero-order chi connectivity index (χ0) is 16.1. The summed E-state index contributed by atoms with van der Waals surface area (Å²) in [6, 6.07) is 19.1. The maximum Gasteiger partial charge on any atom is 0.223 e. The Balaban J connectivity index is 1.61. The van der Waals surface area contributed by atoms with Crippen LogP contribution < -0.4 is 15.8 Å². The molecule has 0 radical (unpaired) electrons. The molecule has 0 aliphatic heterocycles. The average Bonchev–Trinajstić information content (AvgIpc) is 2.54. The smallest absolute Gasteiger partial charge is 0.223 e. The summed E-state index contributed by atoms with van der Waals surface area (Å²) >= 11 is 5.84. The number of hydrogen-bond donors (Lipinski definition) is 2. The molecule has 116 valence electrons. The molecule has 0 atom stereocenters. The number of ether oxygens (including phenoxy) is 1. The van der Waals surface area contributed by atoms with Crippen molar-refractivity contribution in [1.82, 2.24) is 9.97 Å². The van der Waals surface area contributed by atoms with E-state index in [1.54, 1.807) is 6.07 Å². The molecular weight excluding hydrogens is 312 g/mol. The molecule has 5 nitrogen and oxygen atoms in total. The molecule has 0 aliphatic carbocycles. The van der Waals surface area contributed by atoms with Crippen LogP contribution in [0.3, 0.4) is 0 Å². The number of nitrogens with two attached hydrogens (primary N) is 1. The number of aromatic nitrogens is 2. The SMILES string of the molecule is Nc1nc(Cl)cc(NCc2ccc(Oc3ccccc3)cc2)n1. The highest BCUT2D eigenvalue weighted by Crippen LogP contribution is 2.21. The van der Waals surface area contributed by atoms with Gasteiger partial charge in [-0.25, -0.2) is 4.98 Å². The topological polar surface area (TPSA) is 73.1 Å². The number of rotatable bonds is 5. The lowest BCUT2D eigenvalue weighted by Gasteiger charge is -2.08. The second-order valence-corrected chi connectivity index (χ2v) is 5.23. The minimum Gasteiger partial charge on any atom is -0.457 e. The van der Waals surface area contributed by atoms with Crippen molar-refractivity contribution in [3.05, 3.63) is 71.4 Å². The van der Waals surface area contributed by atoms with Crippen molar-refractivity contribution in [3.63, 3.8) is 0 Å². The Morgan fingerprint density at radius 3 is 2.35 bits per heavy atom. The van der Waals surface area contributed by atoms with Gasteiger partial charge in [0.2, 0.25) is 5.95 Å². The highest BCUT2D eigenvalue weighted by atomic mass is 35.5. The largest absolute Gasteiger partial charge is 0.457 e. The second kappa shape index (κ2) is 6.98. The summed E-state index contributed by atoms with van der Waals surface area (Å²) in [6.45, 7) is 0.596. The number of nitrogens with zero attached hydrogens (tertiary/aromatic N) is 2. The van der Waals surface area contributed by atoms with Crippen LogP contribution in [0.2, 0.25) is 5.15 Å². The van der Waals surface area contributed by atoms with Crippen LogP contribution in [0.5, 0.6) is 11.5 Å². The van der Waals surface area contributed by atoms with Gasteiger partial charge < -0.3 is 15.8 Å². The van der Waals surface area contributed by atoms with E-state index in [1.165, 1.54) is 0 Å². The van der Waals surface area contributed by atoms with Crippen LogP contribution in [0.25, 0.3) is 0 Å². The van der Waals surface area contributed by atoms with Gasteiger partial charge in [-0.15, -0.1) is 0 Å². The maximum absolute atomic E-state index is 5.84. The number of nitrogen functional groups attached to an aromatic ring is 1. The maximum atomic E-state index is 5.84. The third-order valence-corrected chi connectivity index (χ3v) is 3.28. The van der Waals surface area contributed by atoms with Crippen molar-refractivity contribution in [2.75, 3.05) is 11.1 Å². The normalized spacial score (nSPS) is 10.3. The van der Waals surface area contributed by atoms with Gasteiger partial charge in [0.15, 0.2) is 0 Å². The lowest BCUT2D eigenvalue weighted by molar-refractivity contribution is 0.482. The summed E-state index contributed by atoms with van der Waals surface area (Å²) in [5.74, 6) is 2.33. The fourth-order valence-corrected chi connectivity index (χ4v) is 2.21. The Morgan fingerprint density at radius 1 is 0.957 bits per heavy atom. The van der Waals surface area contributed by atoms with E-state index in [1.807, 2.05) is 54.6 Å². The summed E-state index contributed by atoms with van der Waals surface area (Å²) in [7, 11) is 0. The number of anilines is 2. The van der Waals surface area contributed by atoms with Gasteiger partial charge in [-0.2, -0.15) is 4.98 Å². The number of halogens is 1. The third-order valence-electron chi connectivity index (χ3n) is 3.09. The van der Waals surface area contributed by atoms with Gasteiger partial charge in [0.1, 0.15) is 22.5 Å². The number of nitrogens with one attached hydrogen (secondary N) is 1. The molecular formula is C17H15ClN4O. The molecule has 0 amide bonds. The first-order valence-corrected chi connectivity index (χ1v) is 7.42. The first-order valence-electron chi connectivity index (χ1n) is 7.05. The van der Waals surface area contributed by atoms with Gasteiger partial charge in [-0.1, -0.05) is 41.9 Å². The predicted molar refractivity (Wildman–Crippen MR) is 91.7 cm³/mol. The lowest BCUT2D eigenvalue weighted by Crippen LogP contribution is -2.04. The molecule has 1 aromatic heterocycles. The molecule has 0 aliphatic rings. The molecule has 1 heterocycles. The van der Waals surface area contributed by atoms with Crippen molar-refractivity contribution in [1.29, 1.82) is 0 Å². The zero-order valence-corrected chi connectivity index (χ0v) is 13.0. The molecule has 3 rings (SSSR count). The molecule has 0 fully saturated rings. The first-order chi connectivity index (χ1) is 11.2. The molecule has 3 N–H and O–H groups in total. The van der Waals surface area contributed by atoms with Gasteiger partial charge in [0.05, 0.1) is 0 Å². The van der Waals surface area contributed by atoms with Gasteiger partial charge in [-0.3, -0.25) is 0 Å². The van der Waals surface area contributed by atoms with E-state index in [2.05, 4.69) is 15.3 Å². The molecule has 6 heteroatoms. The fraction of sp³-hybridized carbons (Fsp3) is 0.0588. The van der Waals surface area contributed by atoms with E-state index >= 15 is 0 Å². The van der Waals surface area contributed by atoms with E-state index in [-0.39, 0.29) is 5.95 Å². The minimum atomic E-state index is 0.145. The van der Waals surface area contributed by atoms with Crippen molar-refractivity contribution >= 4 is 23.4 Å². The summed E-state index contributed by atoms with van der Waals surface area (Å²) in [6.07, 6.45) is 0. The van der Waals surface area contributed by atoms with Crippen LogP contribution in [0, 0.1) is 0 Å². The molecule has 0 saturated heterocycles. The molecule has 0 spiro atoms. The molecule has 3 aromatic rings. The third kappa shape index (κ3) is 4.34. The zero-order valence-electron chi connectivity index (χ0n) is 12.2. The van der Waals surface area contributed by atoms with E-state index in [0.29, 0.717) is 17.5 Å². The average molecular weight is 327 g/mol. The van der Waals surface area contributed by atoms with Gasteiger partial charge in [0, 0.05) is 12.6 Å². The van der Waals surface area contributed by atoms with Gasteiger partial charge in [0.25, 0.3) is 0 Å². The summed E-state index contributed by atoms with van der Waals surface area (Å²) < 4.78 is 5.75. The van der Waals surface area contributed by atoms with Crippen LogP contribution in [-0.4, -0.2) is 9.97 Å². The monoisotopic (exact) mass is 326 g/mol. The predicted octanol–water partition coefficient (Wildman–Crippen LogP) is 4.12. The van der Waals surface area contributed by atoms with Crippen LogP contribution in [0.15, 0.2) is 60.7 Å². The second-order valence-electron chi connectivity index (χ2n) is 4.85. The molecule has 0 bridgehead atoms. The number of para-hydroxylation sites is 1. The van der Waals surface area contributed by atoms with Gasteiger partial charge >= 0.3 is 0 Å². The fourth-order valence-electron chi connectivity index (χ4n) is 2.02. The molecule has 23 heavy (non-hydrogen) atoms. The van der Waals surface area contributed by atoms with Crippen molar-refractivity contribution in [2.45, 2.75) is 6.54 Å². The van der Waals surface area contributed by atoms with E-state index in [9.17, 15) is 0 Å². The molecule has 0 saturated carbocycles. The van der Waals surface area contributed by atoms with Crippen LogP contribution in [-0.2, 0) is 6.54 Å². The Kier molecular flexibility index (Phi) is 4.59. The molecule has 0 unspecified atom stereocenters. The Hall–Kier alpha value is -2.79. The number of hydrogen-bond acceptors (Lipinski definition) is 5. The first kappa shape index (κ1) is 15.1. The highest BCUT2D eigenvalue weighted by molar-refractivity contribution is 6.29. The highest BCUT2D eigenvalue weighted by Gasteiger charge is 2.01. The summed E-state index contributed by atoms with van der Waals surface area (Å²) in [5.41, 5.74) is 6.64. The summed E-state index contributed by atoms with van der Waals surface area (Å²) in [5, 5.41) is 3.47. The van der Waals surface area contributed by atoms with Crippen molar-refractivity contribution < 1.29 is 4.74 Å². The van der Waals surface area contributed by atoms with E-state index in [0.717, 1.165) is 17.1 Å². The van der Waals surface area contributed by atoms with Crippen LogP contribution in [0.1, 0.15) is 5.56 Å². The Labute approximate surface area is 139 Å². The van der Waals surface area contributed by atoms with E-state index < -0.39 is 0 Å².